The Labute approximate surface area is 525 Å². The number of Topliss-reactive ketones (excluding diaryl/α,β-unsaturated/α-hetero) is 2. The lowest BCUT2D eigenvalue weighted by Gasteiger charge is -2.19. The molecule has 480 valence electrons. The van der Waals surface area contributed by atoms with E-state index in [0.717, 1.165) is 47.1 Å². The van der Waals surface area contributed by atoms with Crippen LogP contribution in [-0.2, 0) is 47.5 Å². The summed E-state index contributed by atoms with van der Waals surface area (Å²) in [5.74, 6) is -3.33. The summed E-state index contributed by atoms with van der Waals surface area (Å²) >= 11 is 0. The van der Waals surface area contributed by atoms with Crippen molar-refractivity contribution >= 4 is 82.6 Å². The smallest absolute Gasteiger partial charge is 0.341 e. The van der Waals surface area contributed by atoms with Gasteiger partial charge < -0.3 is 57.8 Å². The molecule has 0 fully saturated rings. The van der Waals surface area contributed by atoms with Crippen LogP contribution in [0.5, 0.6) is 0 Å². The maximum atomic E-state index is 13.7. The SMILES string of the molecule is CCOC(=O)c1c[nH]c(/C=C2N=C(/C=C(/C(=O)OC)C(=O)c3c[nH]c(/C=C4\N=C(C(OC)OC)CC4(C)C)c3)[C@@H](CC)[C@@H]\2C)c1.CCOC(=O)c1c[nH]c(/C=C2N=C(/C=C(/C(=O)OC)C(=O)c3c[nH]c(/C=C4\N=C(C(OC)OC)CC4(C)C)c3)[C@@H](CC)[C@@H]\2C)c1. The summed E-state index contributed by atoms with van der Waals surface area (Å²) < 4.78 is 41.7. The number of ketones is 2. The van der Waals surface area contributed by atoms with E-state index in [2.05, 4.69) is 47.6 Å². The van der Waals surface area contributed by atoms with Crippen LogP contribution in [0.2, 0.25) is 0 Å². The minimum Gasteiger partial charge on any atom is -0.465 e. The highest BCUT2D eigenvalue weighted by Gasteiger charge is 2.38. The molecule has 4 aliphatic heterocycles. The minimum absolute atomic E-state index is 0.00565. The average Bonchev–Trinajstić information content (AvgIpc) is 1.87. The topological polar surface area (TPSA) is 289 Å². The predicted octanol–water partition coefficient (Wildman–Crippen LogP) is 11.6. The van der Waals surface area contributed by atoms with Gasteiger partial charge in [-0.15, -0.1) is 0 Å². The monoisotopic (exact) mass is 1240 g/mol. The summed E-state index contributed by atoms with van der Waals surface area (Å²) in [6, 6.07) is 6.79. The number of carbonyl (C=O) groups is 6. The molecule has 0 aromatic carbocycles. The number of aromatic nitrogens is 4. The van der Waals surface area contributed by atoms with Gasteiger partial charge in [-0.05, 0) is 87.4 Å². The lowest BCUT2D eigenvalue weighted by atomic mass is 9.86. The fourth-order valence-corrected chi connectivity index (χ4v) is 11.3. The number of nitrogens with one attached hydrogen (secondary N) is 4. The molecule has 90 heavy (non-hydrogen) atoms. The molecule has 0 spiro atoms. The van der Waals surface area contributed by atoms with Crippen molar-refractivity contribution in [1.29, 1.82) is 0 Å². The highest BCUT2D eigenvalue weighted by atomic mass is 16.7. The largest absolute Gasteiger partial charge is 0.465 e. The van der Waals surface area contributed by atoms with Gasteiger partial charge in [-0.1, -0.05) is 55.4 Å². The van der Waals surface area contributed by atoms with Gasteiger partial charge in [0.1, 0.15) is 11.1 Å². The molecule has 4 aliphatic rings. The first-order valence-corrected chi connectivity index (χ1v) is 30.0. The molecule has 0 radical (unpaired) electrons. The Morgan fingerprint density at radius 1 is 0.500 bits per heavy atom. The number of carbonyl (C=O) groups excluding carboxylic acids is 6. The van der Waals surface area contributed by atoms with Crippen molar-refractivity contribution in [2.45, 2.75) is 108 Å². The van der Waals surface area contributed by atoms with E-state index in [4.69, 9.17) is 57.9 Å². The molecule has 0 aliphatic carbocycles. The first-order chi connectivity index (χ1) is 42.9. The summed E-state index contributed by atoms with van der Waals surface area (Å²) in [5.41, 5.74) is 9.37. The molecule has 4 N–H and O–H groups in total. The van der Waals surface area contributed by atoms with E-state index in [0.29, 0.717) is 69.3 Å². The summed E-state index contributed by atoms with van der Waals surface area (Å²) in [6.07, 6.45) is 18.6. The molecule has 22 nitrogen and oxygen atoms in total. The molecule has 8 heterocycles. The number of esters is 4. The lowest BCUT2D eigenvalue weighted by Crippen LogP contribution is -2.25. The van der Waals surface area contributed by atoms with Crippen molar-refractivity contribution in [3.63, 3.8) is 0 Å². The average molecular weight is 1240 g/mol. The van der Waals surface area contributed by atoms with Gasteiger partial charge in [0.05, 0.1) is 50.0 Å². The Bertz CT molecular complexity index is 3430. The molecule has 0 unspecified atom stereocenters. The zero-order valence-electron chi connectivity index (χ0n) is 54.3. The van der Waals surface area contributed by atoms with E-state index >= 15 is 0 Å². The van der Waals surface area contributed by atoms with Crippen LogP contribution in [0.3, 0.4) is 0 Å². The first kappa shape index (κ1) is 68.8. The Kier molecular flexibility index (Phi) is 23.1. The molecular formula is C68H84N8O14. The number of H-pyrrole nitrogens is 4. The molecule has 4 atom stereocenters. The zero-order chi connectivity index (χ0) is 65.8. The molecule has 0 saturated carbocycles. The second kappa shape index (κ2) is 30.2. The summed E-state index contributed by atoms with van der Waals surface area (Å²) in [7, 11) is 8.78. The standard InChI is InChI=1S/2C34H42N4O7/c2*1-9-24-19(3)26(13-22-12-21(18-36-22)31(40)45-10-2)37-27(24)15-25(32(41)42-6)30(39)20-11-23(35-17-20)14-29-34(4,5)16-28(38-29)33(43-7)44-8/h2*11-15,17-19,24,33,35-36H,9-10,16H2,1-8H3/b2*25-15+,26-13-,29-14-/t2*19-,24-/m00/s1. The van der Waals surface area contributed by atoms with E-state index < -0.39 is 48.0 Å². The number of allylic oxidation sites excluding steroid dienone is 6. The number of rotatable bonds is 24. The third-order valence-electron chi connectivity index (χ3n) is 16.3. The van der Waals surface area contributed by atoms with Crippen molar-refractivity contribution in [3.05, 3.63) is 140 Å². The van der Waals surface area contributed by atoms with Gasteiger partial charge in [0.25, 0.3) is 0 Å². The Morgan fingerprint density at radius 3 is 1.13 bits per heavy atom. The quantitative estimate of drug-likeness (QED) is 0.00965. The van der Waals surface area contributed by atoms with Gasteiger partial charge in [-0.3, -0.25) is 29.6 Å². The van der Waals surface area contributed by atoms with Gasteiger partial charge >= 0.3 is 23.9 Å². The maximum absolute atomic E-state index is 13.7. The van der Waals surface area contributed by atoms with Crippen LogP contribution in [0, 0.1) is 34.5 Å². The number of aromatic amines is 4. The Hall–Kier alpha value is -8.70. The van der Waals surface area contributed by atoms with Crippen LogP contribution in [0.1, 0.15) is 159 Å². The molecule has 0 bridgehead atoms. The summed E-state index contributed by atoms with van der Waals surface area (Å²) in [6.45, 7) is 20.6. The fraction of sp³-hybridized carbons (Fsp3) is 0.441. The lowest BCUT2D eigenvalue weighted by molar-refractivity contribution is -0.136. The normalized spacial score (nSPS) is 21.4. The van der Waals surface area contributed by atoms with Crippen LogP contribution < -0.4 is 0 Å². The highest BCUT2D eigenvalue weighted by Crippen LogP contribution is 2.42. The third kappa shape index (κ3) is 15.8. The summed E-state index contributed by atoms with van der Waals surface area (Å²) in [4.78, 5) is 109. The van der Waals surface area contributed by atoms with Crippen LogP contribution in [0.25, 0.3) is 24.3 Å². The minimum atomic E-state index is -0.747. The van der Waals surface area contributed by atoms with E-state index in [1.807, 2.05) is 52.0 Å². The van der Waals surface area contributed by atoms with Crippen molar-refractivity contribution < 1.29 is 66.7 Å². The van der Waals surface area contributed by atoms with Crippen molar-refractivity contribution in [2.24, 2.45) is 54.5 Å². The summed E-state index contributed by atoms with van der Waals surface area (Å²) in [5, 5.41) is 0. The van der Waals surface area contributed by atoms with Gasteiger partial charge in [-0.2, -0.15) is 0 Å². The molecule has 22 heteroatoms. The zero-order valence-corrected chi connectivity index (χ0v) is 54.3. The van der Waals surface area contributed by atoms with Crippen molar-refractivity contribution in [2.75, 3.05) is 55.9 Å². The Morgan fingerprint density at radius 2 is 0.822 bits per heavy atom. The van der Waals surface area contributed by atoms with Crippen LogP contribution >= 0.6 is 0 Å². The first-order valence-electron chi connectivity index (χ1n) is 30.0. The van der Waals surface area contributed by atoms with E-state index in [-0.39, 0.29) is 58.9 Å². The van der Waals surface area contributed by atoms with Gasteiger partial charge in [0.15, 0.2) is 12.6 Å². The fourth-order valence-electron chi connectivity index (χ4n) is 11.3. The van der Waals surface area contributed by atoms with Crippen LogP contribution in [-0.4, -0.2) is 147 Å². The molecule has 4 aromatic rings. The number of aliphatic imine (C=N–C) groups is 4. The van der Waals surface area contributed by atoms with Crippen LogP contribution in [0.15, 0.2) is 115 Å². The van der Waals surface area contributed by atoms with Gasteiger partial charge in [0.2, 0.25) is 11.6 Å². The second-order valence-electron chi connectivity index (χ2n) is 23.4. The van der Waals surface area contributed by atoms with E-state index in [1.54, 1.807) is 91.3 Å². The molecule has 0 saturated heterocycles. The number of nitrogens with zero attached hydrogens (tertiary/aromatic N) is 4. The maximum Gasteiger partial charge on any atom is 0.341 e. The molecule has 8 rings (SSSR count). The highest BCUT2D eigenvalue weighted by molar-refractivity contribution is 6.28. The third-order valence-corrected chi connectivity index (χ3v) is 16.3. The number of ether oxygens (including phenoxy) is 8. The van der Waals surface area contributed by atoms with Gasteiger partial charge in [-0.25, -0.2) is 19.2 Å². The van der Waals surface area contributed by atoms with Gasteiger partial charge in [0, 0.05) is 169 Å². The van der Waals surface area contributed by atoms with Crippen LogP contribution in [0.4, 0.5) is 0 Å². The number of hydrogen-bond acceptors (Lipinski definition) is 18. The predicted molar refractivity (Wildman–Crippen MR) is 344 cm³/mol. The molecular weight excluding hydrogens is 1150 g/mol. The van der Waals surface area contributed by atoms with E-state index in [1.165, 1.54) is 26.4 Å². The van der Waals surface area contributed by atoms with E-state index in [9.17, 15) is 28.8 Å². The Balaban J connectivity index is 0.000000256. The van der Waals surface area contributed by atoms with Crippen molar-refractivity contribution in [3.8, 4) is 0 Å². The number of hydrogen-bond donors (Lipinski definition) is 4. The van der Waals surface area contributed by atoms with Crippen molar-refractivity contribution in [1.82, 2.24) is 19.9 Å². The second-order valence-corrected chi connectivity index (χ2v) is 23.4. The molecule has 4 aromatic heterocycles. The molecule has 0 amide bonds. The number of methoxy groups -OCH3 is 6.